The van der Waals surface area contributed by atoms with Gasteiger partial charge < -0.3 is 15.2 Å². The van der Waals surface area contributed by atoms with Crippen LogP contribution in [0.2, 0.25) is 0 Å². The molecular formula is C14H19NO4. The topological polar surface area (TPSA) is 75.6 Å². The second kappa shape index (κ2) is 6.22. The number of aryl methyl sites for hydroxylation is 2. The Labute approximate surface area is 112 Å². The maximum atomic E-state index is 11.7. The third-order valence-corrected chi connectivity index (χ3v) is 2.86. The van der Waals surface area contributed by atoms with Gasteiger partial charge in [0.25, 0.3) is 0 Å². The van der Waals surface area contributed by atoms with Crippen LogP contribution in [-0.2, 0) is 9.59 Å². The summed E-state index contributed by atoms with van der Waals surface area (Å²) in [6.07, 6.45) is -0.0422. The number of ether oxygens (including phenoxy) is 1. The van der Waals surface area contributed by atoms with Crippen LogP contribution in [0.15, 0.2) is 12.1 Å². The third-order valence-electron chi connectivity index (χ3n) is 2.86. The fourth-order valence-electron chi connectivity index (χ4n) is 1.92. The van der Waals surface area contributed by atoms with Gasteiger partial charge in [0.2, 0.25) is 5.91 Å². The summed E-state index contributed by atoms with van der Waals surface area (Å²) in [6.45, 7) is 5.29. The summed E-state index contributed by atoms with van der Waals surface area (Å²) in [5, 5.41) is 11.5. The highest BCUT2D eigenvalue weighted by molar-refractivity contribution is 5.93. The summed E-state index contributed by atoms with van der Waals surface area (Å²) in [4.78, 5) is 22.4. The smallest absolute Gasteiger partial charge is 0.306 e. The molecule has 19 heavy (non-hydrogen) atoms. The van der Waals surface area contributed by atoms with Gasteiger partial charge >= 0.3 is 5.97 Å². The molecule has 1 rings (SSSR count). The van der Waals surface area contributed by atoms with Gasteiger partial charge in [0.05, 0.1) is 13.0 Å². The summed E-state index contributed by atoms with van der Waals surface area (Å²) >= 11 is 0. The number of nitrogens with one attached hydrogen (secondary N) is 1. The summed E-state index contributed by atoms with van der Waals surface area (Å²) < 4.78 is 5.24. The molecule has 1 aromatic rings. The Morgan fingerprint density at radius 3 is 2.26 bits per heavy atom. The third kappa shape index (κ3) is 3.98. The second-order valence-electron chi connectivity index (χ2n) is 4.63. The molecule has 5 nitrogen and oxygen atoms in total. The molecule has 104 valence electrons. The number of carbonyl (C=O) groups is 2. The van der Waals surface area contributed by atoms with Crippen LogP contribution in [-0.4, -0.2) is 24.1 Å². The molecule has 0 fully saturated rings. The molecule has 0 saturated carbocycles. The van der Waals surface area contributed by atoms with Gasteiger partial charge in [0.15, 0.2) is 0 Å². The molecule has 0 aliphatic carbocycles. The fraction of sp³-hybridized carbons (Fsp3) is 0.429. The molecule has 0 spiro atoms. The number of rotatable bonds is 5. The Morgan fingerprint density at radius 1 is 1.32 bits per heavy atom. The van der Waals surface area contributed by atoms with Crippen LogP contribution in [0.1, 0.15) is 24.5 Å². The lowest BCUT2D eigenvalue weighted by molar-refractivity contribution is -0.142. The van der Waals surface area contributed by atoms with Gasteiger partial charge in [0.1, 0.15) is 5.75 Å². The Kier molecular flexibility index (Phi) is 4.92. The lowest BCUT2D eigenvalue weighted by atomic mass is 10.1. The Hall–Kier alpha value is -2.04. The second-order valence-corrected chi connectivity index (χ2v) is 4.63. The van der Waals surface area contributed by atoms with Gasteiger partial charge in [-0.25, -0.2) is 0 Å². The molecule has 5 heteroatoms. The summed E-state index contributed by atoms with van der Waals surface area (Å²) in [5.74, 6) is -1.19. The molecule has 0 radical (unpaired) electrons. The monoisotopic (exact) mass is 265 g/mol. The van der Waals surface area contributed by atoms with E-state index in [-0.39, 0.29) is 12.3 Å². The van der Waals surface area contributed by atoms with Crippen molar-refractivity contribution in [1.29, 1.82) is 0 Å². The highest BCUT2D eigenvalue weighted by Crippen LogP contribution is 2.26. The van der Waals surface area contributed by atoms with Crippen LogP contribution in [0.25, 0.3) is 0 Å². The van der Waals surface area contributed by atoms with Crippen LogP contribution in [0.3, 0.4) is 0 Å². The zero-order valence-electron chi connectivity index (χ0n) is 11.6. The zero-order valence-corrected chi connectivity index (χ0v) is 11.6. The first-order chi connectivity index (χ1) is 8.85. The van der Waals surface area contributed by atoms with Gasteiger partial charge in [-0.3, -0.25) is 9.59 Å². The van der Waals surface area contributed by atoms with Gasteiger partial charge in [-0.15, -0.1) is 0 Å². The van der Waals surface area contributed by atoms with Gasteiger partial charge in [-0.2, -0.15) is 0 Å². The van der Waals surface area contributed by atoms with E-state index in [1.54, 1.807) is 19.2 Å². The van der Waals surface area contributed by atoms with E-state index in [2.05, 4.69) is 5.32 Å². The van der Waals surface area contributed by atoms with Crippen LogP contribution in [0, 0.1) is 19.8 Å². The minimum atomic E-state index is -0.975. The number of aliphatic carboxylic acids is 1. The van der Waals surface area contributed by atoms with Crippen molar-refractivity contribution in [3.8, 4) is 5.75 Å². The van der Waals surface area contributed by atoms with E-state index in [1.165, 1.54) is 6.92 Å². The van der Waals surface area contributed by atoms with Crippen molar-refractivity contribution >= 4 is 17.6 Å². The van der Waals surface area contributed by atoms with E-state index in [1.807, 2.05) is 13.8 Å². The van der Waals surface area contributed by atoms with Gasteiger partial charge in [-0.1, -0.05) is 6.92 Å². The minimum absolute atomic E-state index is 0.0422. The summed E-state index contributed by atoms with van der Waals surface area (Å²) in [5.41, 5.74) is 2.49. The van der Waals surface area contributed by atoms with Gasteiger partial charge in [-0.05, 0) is 37.1 Å². The van der Waals surface area contributed by atoms with E-state index in [0.29, 0.717) is 5.69 Å². The fourth-order valence-corrected chi connectivity index (χ4v) is 1.92. The average molecular weight is 265 g/mol. The number of carboxylic acids is 1. The van der Waals surface area contributed by atoms with E-state index in [0.717, 1.165) is 16.9 Å². The van der Waals surface area contributed by atoms with Crippen LogP contribution >= 0.6 is 0 Å². The molecule has 1 aromatic carbocycles. The Morgan fingerprint density at radius 2 is 1.84 bits per heavy atom. The van der Waals surface area contributed by atoms with Crippen molar-refractivity contribution in [1.82, 2.24) is 0 Å². The number of methoxy groups -OCH3 is 1. The first-order valence-electron chi connectivity index (χ1n) is 6.03. The number of carboxylic acid groups (broad SMARTS) is 1. The first kappa shape index (κ1) is 15.0. The number of amides is 1. The van der Waals surface area contributed by atoms with Crippen molar-refractivity contribution in [3.63, 3.8) is 0 Å². The molecule has 0 aromatic heterocycles. The number of hydrogen-bond donors (Lipinski definition) is 2. The van der Waals surface area contributed by atoms with Crippen molar-refractivity contribution in [2.24, 2.45) is 5.92 Å². The molecule has 1 unspecified atom stereocenters. The quantitative estimate of drug-likeness (QED) is 0.857. The molecule has 2 N–H and O–H groups in total. The number of hydrogen-bond acceptors (Lipinski definition) is 3. The van der Waals surface area contributed by atoms with Crippen LogP contribution in [0.4, 0.5) is 5.69 Å². The lowest BCUT2D eigenvalue weighted by Crippen LogP contribution is -2.20. The van der Waals surface area contributed by atoms with Crippen molar-refractivity contribution in [2.45, 2.75) is 27.2 Å². The zero-order chi connectivity index (χ0) is 14.6. The standard InChI is InChI=1S/C14H19NO4/c1-8-5-11(6-9(2)13(8)19-4)15-12(16)7-10(3)14(17)18/h5-6,10H,7H2,1-4H3,(H,15,16)(H,17,18). The normalized spacial score (nSPS) is 11.8. The van der Waals surface area contributed by atoms with Crippen LogP contribution < -0.4 is 10.1 Å². The van der Waals surface area contributed by atoms with Crippen LogP contribution in [0.5, 0.6) is 5.75 Å². The van der Waals surface area contributed by atoms with Gasteiger partial charge in [0, 0.05) is 12.1 Å². The summed E-state index contributed by atoms with van der Waals surface area (Å²) in [6, 6.07) is 3.60. The Bertz CT molecular complexity index is 473. The van der Waals surface area contributed by atoms with Crippen molar-refractivity contribution in [3.05, 3.63) is 23.3 Å². The van der Waals surface area contributed by atoms with E-state index >= 15 is 0 Å². The van der Waals surface area contributed by atoms with E-state index in [9.17, 15) is 9.59 Å². The summed E-state index contributed by atoms with van der Waals surface area (Å²) in [7, 11) is 1.60. The molecule has 0 bridgehead atoms. The minimum Gasteiger partial charge on any atom is -0.496 e. The number of benzene rings is 1. The molecule has 0 saturated heterocycles. The average Bonchev–Trinajstić information content (AvgIpc) is 2.27. The number of anilines is 1. The maximum Gasteiger partial charge on any atom is 0.306 e. The van der Waals surface area contributed by atoms with Crippen molar-refractivity contribution < 1.29 is 19.4 Å². The lowest BCUT2D eigenvalue weighted by Gasteiger charge is -2.13. The predicted molar refractivity (Wildman–Crippen MR) is 72.5 cm³/mol. The van der Waals surface area contributed by atoms with E-state index in [4.69, 9.17) is 9.84 Å². The largest absolute Gasteiger partial charge is 0.496 e. The molecule has 0 aliphatic heterocycles. The Balaban J connectivity index is 2.78. The highest BCUT2D eigenvalue weighted by atomic mass is 16.5. The number of carbonyl (C=O) groups excluding carboxylic acids is 1. The molecule has 1 atom stereocenters. The highest BCUT2D eigenvalue weighted by Gasteiger charge is 2.16. The molecular weight excluding hydrogens is 246 g/mol. The first-order valence-corrected chi connectivity index (χ1v) is 6.03. The van der Waals surface area contributed by atoms with Crippen molar-refractivity contribution in [2.75, 3.05) is 12.4 Å². The molecule has 0 heterocycles. The predicted octanol–water partition coefficient (Wildman–Crippen LogP) is 2.36. The van der Waals surface area contributed by atoms with E-state index < -0.39 is 11.9 Å². The maximum absolute atomic E-state index is 11.7. The molecule has 0 aliphatic rings. The molecule has 1 amide bonds. The SMILES string of the molecule is COc1c(C)cc(NC(=O)CC(C)C(=O)O)cc1C.